The highest BCUT2D eigenvalue weighted by Crippen LogP contribution is 2.33. The maximum Gasteiger partial charge on any atom is 0.258 e. The normalized spacial score (nSPS) is 17.5. The molecule has 1 amide bonds. The summed E-state index contributed by atoms with van der Waals surface area (Å²) in [5, 5.41) is 0. The molecule has 1 atom stereocenters. The molecular weight excluding hydrogens is 274 g/mol. The zero-order chi connectivity index (χ0) is 15.0. The summed E-state index contributed by atoms with van der Waals surface area (Å²) in [6.07, 6.45) is 0.612. The molecule has 0 aromatic heterocycles. The molecule has 1 heterocycles. The van der Waals surface area contributed by atoms with Gasteiger partial charge in [-0.2, -0.15) is 0 Å². The van der Waals surface area contributed by atoms with Crippen molar-refractivity contribution in [2.75, 3.05) is 11.4 Å². The number of nitrogens with two attached hydrogens (primary N) is 1. The molecule has 1 aliphatic heterocycles. The highest BCUT2D eigenvalue weighted by molar-refractivity contribution is 6.06. The number of anilines is 1. The van der Waals surface area contributed by atoms with E-state index >= 15 is 0 Å². The largest absolute Gasteiger partial charge is 0.324 e. The zero-order valence-corrected chi connectivity index (χ0v) is 11.2. The maximum absolute atomic E-state index is 13.3. The van der Waals surface area contributed by atoms with Crippen molar-refractivity contribution in [3.05, 3.63) is 65.2 Å². The van der Waals surface area contributed by atoms with E-state index < -0.39 is 17.5 Å². The number of halogens is 2. The van der Waals surface area contributed by atoms with E-state index in [0.29, 0.717) is 18.7 Å². The lowest BCUT2D eigenvalue weighted by atomic mass is 9.96. The Morgan fingerprint density at radius 3 is 2.52 bits per heavy atom. The van der Waals surface area contributed by atoms with Crippen LogP contribution in [-0.2, 0) is 0 Å². The molecule has 0 radical (unpaired) electrons. The van der Waals surface area contributed by atoms with E-state index in [4.69, 9.17) is 5.73 Å². The number of benzene rings is 2. The second-order valence-corrected chi connectivity index (χ2v) is 5.07. The van der Waals surface area contributed by atoms with Crippen molar-refractivity contribution in [2.45, 2.75) is 12.5 Å². The summed E-state index contributed by atoms with van der Waals surface area (Å²) in [5.41, 5.74) is 7.60. The molecule has 2 N–H and O–H groups in total. The molecule has 1 aliphatic rings. The first-order valence-electron chi connectivity index (χ1n) is 6.69. The fourth-order valence-electron chi connectivity index (χ4n) is 2.64. The van der Waals surface area contributed by atoms with Crippen LogP contribution < -0.4 is 10.6 Å². The van der Waals surface area contributed by atoms with Gasteiger partial charge in [0.15, 0.2) is 0 Å². The Balaban J connectivity index is 2.01. The van der Waals surface area contributed by atoms with Gasteiger partial charge in [-0.1, -0.05) is 18.2 Å². The summed E-state index contributed by atoms with van der Waals surface area (Å²) in [5.74, 6) is -1.95. The van der Waals surface area contributed by atoms with Gasteiger partial charge in [0.2, 0.25) is 0 Å². The number of hydrogen-bond donors (Lipinski definition) is 1. The lowest BCUT2D eigenvalue weighted by Gasteiger charge is -2.32. The molecule has 0 aliphatic carbocycles. The standard InChI is InChI=1S/C16H14F2N2O/c17-11-7-10(8-12(18)9-11)16(21)20-6-5-14(19)13-3-1-2-4-15(13)20/h1-4,7-9,14H,5-6,19H2. The minimum atomic E-state index is -0.764. The van der Waals surface area contributed by atoms with E-state index in [0.717, 1.165) is 23.8 Å². The fraction of sp³-hybridized carbons (Fsp3) is 0.188. The molecule has 0 spiro atoms. The summed E-state index contributed by atoms with van der Waals surface area (Å²) >= 11 is 0. The van der Waals surface area contributed by atoms with Gasteiger partial charge in [0.25, 0.3) is 5.91 Å². The highest BCUT2D eigenvalue weighted by Gasteiger charge is 2.27. The molecule has 0 saturated heterocycles. The minimum Gasteiger partial charge on any atom is -0.324 e. The van der Waals surface area contributed by atoms with Gasteiger partial charge in [-0.15, -0.1) is 0 Å². The molecule has 0 bridgehead atoms. The molecule has 1 unspecified atom stereocenters. The molecule has 5 heteroatoms. The second kappa shape index (κ2) is 5.26. The van der Waals surface area contributed by atoms with Crippen molar-refractivity contribution < 1.29 is 13.6 Å². The van der Waals surface area contributed by atoms with E-state index in [2.05, 4.69) is 0 Å². The predicted octanol–water partition coefficient (Wildman–Crippen LogP) is 3.02. The fourth-order valence-corrected chi connectivity index (χ4v) is 2.64. The second-order valence-electron chi connectivity index (χ2n) is 5.07. The summed E-state index contributed by atoms with van der Waals surface area (Å²) in [7, 11) is 0. The van der Waals surface area contributed by atoms with Gasteiger partial charge in [-0.25, -0.2) is 8.78 Å². The van der Waals surface area contributed by atoms with E-state index in [1.165, 1.54) is 4.90 Å². The molecule has 3 rings (SSSR count). The van der Waals surface area contributed by atoms with Crippen LogP contribution in [0.15, 0.2) is 42.5 Å². The SMILES string of the molecule is NC1CCN(C(=O)c2cc(F)cc(F)c2)c2ccccc21. The van der Waals surface area contributed by atoms with Crippen LogP contribution in [-0.4, -0.2) is 12.5 Å². The van der Waals surface area contributed by atoms with Gasteiger partial charge >= 0.3 is 0 Å². The average molecular weight is 288 g/mol. The predicted molar refractivity (Wildman–Crippen MR) is 76.0 cm³/mol. The van der Waals surface area contributed by atoms with Crippen LogP contribution in [0.5, 0.6) is 0 Å². The molecule has 3 nitrogen and oxygen atoms in total. The summed E-state index contributed by atoms with van der Waals surface area (Å²) in [6, 6.07) is 10.0. The molecule has 108 valence electrons. The third-order valence-corrected chi connectivity index (χ3v) is 3.65. The topological polar surface area (TPSA) is 46.3 Å². The van der Waals surface area contributed by atoms with Gasteiger partial charge in [-0.05, 0) is 30.2 Å². The van der Waals surface area contributed by atoms with Gasteiger partial charge in [0.1, 0.15) is 11.6 Å². The van der Waals surface area contributed by atoms with Crippen LogP contribution in [0.4, 0.5) is 14.5 Å². The highest BCUT2D eigenvalue weighted by atomic mass is 19.1. The summed E-state index contributed by atoms with van der Waals surface area (Å²) < 4.78 is 26.6. The lowest BCUT2D eigenvalue weighted by Crippen LogP contribution is -2.38. The molecule has 2 aromatic carbocycles. The van der Waals surface area contributed by atoms with Crippen LogP contribution in [0.3, 0.4) is 0 Å². The Bertz CT molecular complexity index is 682. The van der Waals surface area contributed by atoms with Crippen LogP contribution in [0.2, 0.25) is 0 Å². The van der Waals surface area contributed by atoms with Crippen molar-refractivity contribution in [2.24, 2.45) is 5.73 Å². The number of fused-ring (bicyclic) bond motifs is 1. The molecule has 0 saturated carbocycles. The first-order valence-corrected chi connectivity index (χ1v) is 6.69. The minimum absolute atomic E-state index is 0.00206. The van der Waals surface area contributed by atoms with Crippen LogP contribution in [0.25, 0.3) is 0 Å². The number of hydrogen-bond acceptors (Lipinski definition) is 2. The van der Waals surface area contributed by atoms with E-state index in [-0.39, 0.29) is 11.6 Å². The number of nitrogens with zero attached hydrogens (tertiary/aromatic N) is 1. The lowest BCUT2D eigenvalue weighted by molar-refractivity contribution is 0.0983. The monoisotopic (exact) mass is 288 g/mol. The third kappa shape index (κ3) is 2.52. The quantitative estimate of drug-likeness (QED) is 0.876. The van der Waals surface area contributed by atoms with Crippen molar-refractivity contribution >= 4 is 11.6 Å². The van der Waals surface area contributed by atoms with Gasteiger partial charge in [-0.3, -0.25) is 4.79 Å². The Morgan fingerprint density at radius 2 is 1.81 bits per heavy atom. The number of rotatable bonds is 1. The van der Waals surface area contributed by atoms with Crippen molar-refractivity contribution in [3.8, 4) is 0 Å². The molecule has 2 aromatic rings. The van der Waals surface area contributed by atoms with Gasteiger partial charge in [0.05, 0.1) is 0 Å². The third-order valence-electron chi connectivity index (χ3n) is 3.65. The number of carbonyl (C=O) groups excluding carboxylic acids is 1. The first-order chi connectivity index (χ1) is 10.1. The first kappa shape index (κ1) is 13.7. The Morgan fingerprint density at radius 1 is 1.14 bits per heavy atom. The van der Waals surface area contributed by atoms with Crippen molar-refractivity contribution in [1.82, 2.24) is 0 Å². The summed E-state index contributed by atoms with van der Waals surface area (Å²) in [6.45, 7) is 0.426. The Hall–Kier alpha value is -2.27. The van der Waals surface area contributed by atoms with Crippen LogP contribution >= 0.6 is 0 Å². The smallest absolute Gasteiger partial charge is 0.258 e. The number of carbonyl (C=O) groups is 1. The Labute approximate surface area is 121 Å². The number of para-hydroxylation sites is 1. The van der Waals surface area contributed by atoms with Gasteiger partial charge in [0, 0.05) is 29.9 Å². The Kier molecular flexibility index (Phi) is 3.43. The van der Waals surface area contributed by atoms with Crippen LogP contribution in [0, 0.1) is 11.6 Å². The molecular formula is C16H14F2N2O. The van der Waals surface area contributed by atoms with E-state index in [1.807, 2.05) is 18.2 Å². The van der Waals surface area contributed by atoms with Crippen LogP contribution in [0.1, 0.15) is 28.4 Å². The molecule has 0 fully saturated rings. The maximum atomic E-state index is 13.3. The molecule has 21 heavy (non-hydrogen) atoms. The zero-order valence-electron chi connectivity index (χ0n) is 11.2. The number of amides is 1. The van der Waals surface area contributed by atoms with E-state index in [9.17, 15) is 13.6 Å². The van der Waals surface area contributed by atoms with Crippen molar-refractivity contribution in [3.63, 3.8) is 0 Å². The van der Waals surface area contributed by atoms with Crippen molar-refractivity contribution in [1.29, 1.82) is 0 Å². The van der Waals surface area contributed by atoms with Gasteiger partial charge < -0.3 is 10.6 Å². The van der Waals surface area contributed by atoms with E-state index in [1.54, 1.807) is 6.07 Å². The summed E-state index contributed by atoms with van der Waals surface area (Å²) in [4.78, 5) is 14.0. The average Bonchev–Trinajstić information content (AvgIpc) is 2.46.